The lowest BCUT2D eigenvalue weighted by atomic mass is 9.93. The Balaban J connectivity index is 0.000000541. The minimum absolute atomic E-state index is 0.0987. The highest BCUT2D eigenvalue weighted by Crippen LogP contribution is 2.35. The molecule has 5 rings (SSSR count). The smallest absolute Gasteiger partial charge is 0.494 e. The Hall–Kier alpha value is -4.47. The number of hydrogen-bond donors (Lipinski definition) is 2. The third kappa shape index (κ3) is 8.30. The molecule has 0 amide bonds. The standard InChI is InChI=1S/C24H22ClF3N6O2.C2HF3O2/c1-35-20-12-16(7-10-19(20)33-13-21(25)29-14-33)30-23-31-22-18(4-2-3-11-34(22)32-23)15-5-8-17(9-6-15)36-24(26,27)28;3-2(4,5)1(6)7/h5-10,12-14,18H,2-4,11H2,1H3,(H,30,32);(H,6,7). The number of methoxy groups -OCH3 is 1. The second kappa shape index (κ2) is 12.8. The van der Waals surface area contributed by atoms with Crippen LogP contribution in [0.25, 0.3) is 5.69 Å². The lowest BCUT2D eigenvalue weighted by Gasteiger charge is -2.15. The number of nitrogens with zero attached hydrogens (tertiary/aromatic N) is 5. The van der Waals surface area contributed by atoms with Crippen LogP contribution in [0.4, 0.5) is 38.0 Å². The van der Waals surface area contributed by atoms with Crippen LogP contribution in [0.2, 0.25) is 5.15 Å². The van der Waals surface area contributed by atoms with Crippen LogP contribution in [0.1, 0.15) is 36.6 Å². The van der Waals surface area contributed by atoms with Gasteiger partial charge in [0.05, 0.1) is 12.8 Å². The molecule has 4 aromatic rings. The van der Waals surface area contributed by atoms with Gasteiger partial charge in [-0.2, -0.15) is 18.2 Å². The zero-order valence-corrected chi connectivity index (χ0v) is 22.9. The molecule has 2 aromatic heterocycles. The Bertz CT molecular complexity index is 1550. The predicted molar refractivity (Wildman–Crippen MR) is 141 cm³/mol. The molecule has 230 valence electrons. The number of carboxylic acid groups (broad SMARTS) is 1. The molecule has 10 nitrogen and oxygen atoms in total. The lowest BCUT2D eigenvalue weighted by Crippen LogP contribution is -2.21. The highest BCUT2D eigenvalue weighted by Gasteiger charge is 2.38. The highest BCUT2D eigenvalue weighted by molar-refractivity contribution is 6.29. The molecule has 17 heteroatoms. The maximum absolute atomic E-state index is 12.5. The third-order valence-electron chi connectivity index (χ3n) is 6.15. The molecule has 0 radical (unpaired) electrons. The second-order valence-corrected chi connectivity index (χ2v) is 9.49. The number of ether oxygens (including phenoxy) is 2. The third-order valence-corrected chi connectivity index (χ3v) is 6.34. The normalized spacial score (nSPS) is 15.0. The molecule has 0 saturated heterocycles. The first-order valence-corrected chi connectivity index (χ1v) is 12.9. The van der Waals surface area contributed by atoms with E-state index in [-0.39, 0.29) is 11.7 Å². The molecule has 1 aliphatic rings. The van der Waals surface area contributed by atoms with Crippen LogP contribution in [0.3, 0.4) is 0 Å². The SMILES string of the molecule is COc1cc(Nc2nc3n(n2)CCCCC3c2ccc(OC(F)(F)F)cc2)ccc1-n1cnc(Cl)c1.O=C(O)C(F)(F)F. The zero-order valence-electron chi connectivity index (χ0n) is 22.2. The van der Waals surface area contributed by atoms with Gasteiger partial charge in [-0.3, -0.25) is 0 Å². The number of benzene rings is 2. The summed E-state index contributed by atoms with van der Waals surface area (Å²) >= 11 is 5.94. The number of aliphatic carboxylic acids is 1. The van der Waals surface area contributed by atoms with E-state index in [1.54, 1.807) is 36.3 Å². The number of aromatic nitrogens is 5. The van der Waals surface area contributed by atoms with Crippen molar-refractivity contribution in [1.29, 1.82) is 0 Å². The second-order valence-electron chi connectivity index (χ2n) is 9.10. The molecular weight excluding hydrogens is 610 g/mol. The van der Waals surface area contributed by atoms with Gasteiger partial charge in [0.15, 0.2) is 0 Å². The summed E-state index contributed by atoms with van der Waals surface area (Å²) in [6.45, 7) is 0.708. The minimum Gasteiger partial charge on any atom is -0.494 e. The molecule has 3 heterocycles. The zero-order chi connectivity index (χ0) is 31.4. The van der Waals surface area contributed by atoms with E-state index < -0.39 is 18.5 Å². The molecule has 0 bridgehead atoms. The Kier molecular flexibility index (Phi) is 9.37. The Morgan fingerprint density at radius 2 is 1.79 bits per heavy atom. The topological polar surface area (TPSA) is 116 Å². The Labute approximate surface area is 244 Å². The number of rotatable bonds is 6. The van der Waals surface area contributed by atoms with Crippen molar-refractivity contribution in [3.05, 3.63) is 71.5 Å². The molecule has 1 aliphatic heterocycles. The Morgan fingerprint density at radius 1 is 1.09 bits per heavy atom. The van der Waals surface area contributed by atoms with Crippen molar-refractivity contribution in [3.8, 4) is 17.2 Å². The summed E-state index contributed by atoms with van der Waals surface area (Å²) < 4.78 is 82.5. The van der Waals surface area contributed by atoms with Gasteiger partial charge in [-0.15, -0.1) is 18.3 Å². The fourth-order valence-electron chi connectivity index (χ4n) is 4.31. The molecule has 1 unspecified atom stereocenters. The van der Waals surface area contributed by atoms with Gasteiger partial charge in [0.2, 0.25) is 5.95 Å². The predicted octanol–water partition coefficient (Wildman–Crippen LogP) is 6.72. The van der Waals surface area contributed by atoms with Crippen LogP contribution in [0.15, 0.2) is 55.0 Å². The summed E-state index contributed by atoms with van der Waals surface area (Å²) in [5, 5.41) is 15.4. The van der Waals surface area contributed by atoms with Crippen molar-refractivity contribution in [2.45, 2.75) is 44.3 Å². The molecule has 2 N–H and O–H groups in total. The summed E-state index contributed by atoms with van der Waals surface area (Å²) in [7, 11) is 1.58. The van der Waals surface area contributed by atoms with E-state index in [1.807, 2.05) is 22.9 Å². The molecule has 0 saturated carbocycles. The van der Waals surface area contributed by atoms with E-state index in [4.69, 9.17) is 31.2 Å². The van der Waals surface area contributed by atoms with Gasteiger partial charge < -0.3 is 24.5 Å². The van der Waals surface area contributed by atoms with Gasteiger partial charge in [-0.1, -0.05) is 30.2 Å². The van der Waals surface area contributed by atoms with Gasteiger partial charge in [-0.05, 0) is 42.7 Å². The van der Waals surface area contributed by atoms with Crippen molar-refractivity contribution in [3.63, 3.8) is 0 Å². The number of halogens is 7. The van der Waals surface area contributed by atoms with Crippen LogP contribution in [0.5, 0.6) is 11.5 Å². The van der Waals surface area contributed by atoms with Crippen molar-refractivity contribution < 1.29 is 45.7 Å². The quantitative estimate of drug-likeness (QED) is 0.225. The van der Waals surface area contributed by atoms with E-state index in [1.165, 1.54) is 12.1 Å². The average molecular weight is 633 g/mol. The van der Waals surface area contributed by atoms with Crippen LogP contribution < -0.4 is 14.8 Å². The molecule has 2 aromatic carbocycles. The first-order valence-electron chi connectivity index (χ1n) is 12.5. The maximum Gasteiger partial charge on any atom is 0.573 e. The number of aryl methyl sites for hydroxylation is 1. The Morgan fingerprint density at radius 3 is 2.37 bits per heavy atom. The van der Waals surface area contributed by atoms with Crippen LogP contribution in [-0.2, 0) is 11.3 Å². The van der Waals surface area contributed by atoms with E-state index in [2.05, 4.69) is 20.1 Å². The average Bonchev–Trinajstić information content (AvgIpc) is 3.48. The van der Waals surface area contributed by atoms with Crippen molar-refractivity contribution in [2.24, 2.45) is 0 Å². The van der Waals surface area contributed by atoms with Gasteiger partial charge in [0, 0.05) is 30.4 Å². The van der Waals surface area contributed by atoms with Crippen LogP contribution in [0, 0.1) is 0 Å². The minimum atomic E-state index is -5.08. The monoisotopic (exact) mass is 632 g/mol. The van der Waals surface area contributed by atoms with Crippen molar-refractivity contribution in [1.82, 2.24) is 24.3 Å². The maximum atomic E-state index is 12.5. The number of carbonyl (C=O) groups is 1. The molecule has 0 aliphatic carbocycles. The van der Waals surface area contributed by atoms with Gasteiger partial charge in [0.1, 0.15) is 28.8 Å². The fourth-order valence-corrected chi connectivity index (χ4v) is 4.46. The highest BCUT2D eigenvalue weighted by atomic mass is 35.5. The number of fused-ring (bicyclic) bond motifs is 1. The van der Waals surface area contributed by atoms with E-state index in [0.29, 0.717) is 23.4 Å². The first kappa shape index (κ1) is 31.5. The molecule has 0 fully saturated rings. The summed E-state index contributed by atoms with van der Waals surface area (Å²) in [6, 6.07) is 11.5. The number of alkyl halides is 6. The van der Waals surface area contributed by atoms with E-state index in [9.17, 15) is 26.3 Å². The van der Waals surface area contributed by atoms with Crippen LogP contribution in [-0.4, -0.2) is 55.0 Å². The number of imidazole rings is 1. The first-order chi connectivity index (χ1) is 20.2. The summed E-state index contributed by atoms with van der Waals surface area (Å²) in [5.41, 5.74) is 2.36. The summed E-state index contributed by atoms with van der Waals surface area (Å²) in [6.07, 6.45) is -3.83. The number of nitrogens with one attached hydrogen (secondary N) is 1. The molecular formula is C26H23ClF6N6O4. The van der Waals surface area contributed by atoms with Crippen molar-refractivity contribution >= 4 is 29.2 Å². The van der Waals surface area contributed by atoms with Gasteiger partial charge >= 0.3 is 18.5 Å². The summed E-state index contributed by atoms with van der Waals surface area (Å²) in [5.74, 6) is -1.32. The number of hydrogen-bond acceptors (Lipinski definition) is 7. The summed E-state index contributed by atoms with van der Waals surface area (Å²) in [4.78, 5) is 17.7. The number of anilines is 2. The van der Waals surface area contributed by atoms with E-state index in [0.717, 1.165) is 42.0 Å². The van der Waals surface area contributed by atoms with Gasteiger partial charge in [-0.25, -0.2) is 14.5 Å². The van der Waals surface area contributed by atoms with Gasteiger partial charge in [0.25, 0.3) is 0 Å². The van der Waals surface area contributed by atoms with Crippen molar-refractivity contribution in [2.75, 3.05) is 12.4 Å². The fraction of sp³-hybridized carbons (Fsp3) is 0.308. The van der Waals surface area contributed by atoms with E-state index >= 15 is 0 Å². The van der Waals surface area contributed by atoms with Crippen LogP contribution >= 0.6 is 11.6 Å². The molecule has 1 atom stereocenters. The molecule has 43 heavy (non-hydrogen) atoms. The molecule has 0 spiro atoms. The lowest BCUT2D eigenvalue weighted by molar-refractivity contribution is -0.274. The largest absolute Gasteiger partial charge is 0.573 e. The number of carboxylic acids is 1.